The fraction of sp³-hybridized carbons (Fsp3) is 0.444. The van der Waals surface area contributed by atoms with E-state index in [0.717, 1.165) is 0 Å². The SMILES string of the molecule is CCNC(=O)[C@H](C)NC(=O)c1ccccc1-c1nc(C(C)(C)C)no1. The van der Waals surface area contributed by atoms with Crippen LogP contribution >= 0.6 is 0 Å². The van der Waals surface area contributed by atoms with E-state index in [0.29, 0.717) is 23.5 Å². The van der Waals surface area contributed by atoms with E-state index in [4.69, 9.17) is 4.52 Å². The number of carbonyl (C=O) groups excluding carboxylic acids is 2. The van der Waals surface area contributed by atoms with Crippen molar-refractivity contribution in [3.63, 3.8) is 0 Å². The zero-order valence-electron chi connectivity index (χ0n) is 15.2. The summed E-state index contributed by atoms with van der Waals surface area (Å²) in [6.07, 6.45) is 0. The first kappa shape index (κ1) is 18.6. The topological polar surface area (TPSA) is 97.1 Å². The minimum atomic E-state index is -0.645. The maximum atomic E-state index is 12.6. The van der Waals surface area contributed by atoms with Gasteiger partial charge < -0.3 is 15.2 Å². The molecule has 2 rings (SSSR count). The zero-order chi connectivity index (χ0) is 18.6. The van der Waals surface area contributed by atoms with Crippen LogP contribution in [-0.2, 0) is 10.2 Å². The van der Waals surface area contributed by atoms with Gasteiger partial charge in [0.2, 0.25) is 5.91 Å². The largest absolute Gasteiger partial charge is 0.355 e. The maximum absolute atomic E-state index is 12.6. The van der Waals surface area contributed by atoms with Crippen LogP contribution in [-0.4, -0.2) is 34.5 Å². The average molecular weight is 344 g/mol. The molecule has 1 atom stereocenters. The van der Waals surface area contributed by atoms with Gasteiger partial charge in [-0.15, -0.1) is 0 Å². The lowest BCUT2D eigenvalue weighted by atomic mass is 9.96. The quantitative estimate of drug-likeness (QED) is 0.867. The molecule has 7 heteroatoms. The standard InChI is InChI=1S/C18H24N4O3/c1-6-19-14(23)11(2)20-15(24)12-9-7-8-10-13(12)16-21-17(22-25-16)18(3,4)5/h7-11H,6H2,1-5H3,(H,19,23)(H,20,24)/t11-/m0/s1. The number of carbonyl (C=O) groups is 2. The highest BCUT2D eigenvalue weighted by atomic mass is 16.5. The highest BCUT2D eigenvalue weighted by Gasteiger charge is 2.24. The third kappa shape index (κ3) is 4.43. The van der Waals surface area contributed by atoms with E-state index in [-0.39, 0.29) is 23.1 Å². The van der Waals surface area contributed by atoms with Crippen molar-refractivity contribution in [2.24, 2.45) is 0 Å². The van der Waals surface area contributed by atoms with Crippen molar-refractivity contribution in [3.05, 3.63) is 35.7 Å². The second kappa shape index (κ2) is 7.46. The van der Waals surface area contributed by atoms with Crippen molar-refractivity contribution in [3.8, 4) is 11.5 Å². The lowest BCUT2D eigenvalue weighted by molar-refractivity contribution is -0.122. The van der Waals surface area contributed by atoms with Gasteiger partial charge >= 0.3 is 0 Å². The van der Waals surface area contributed by atoms with Crippen LogP contribution in [0.4, 0.5) is 0 Å². The summed E-state index contributed by atoms with van der Waals surface area (Å²) >= 11 is 0. The smallest absolute Gasteiger partial charge is 0.258 e. The van der Waals surface area contributed by atoms with Crippen LogP contribution in [0, 0.1) is 0 Å². The molecule has 7 nitrogen and oxygen atoms in total. The van der Waals surface area contributed by atoms with Crippen molar-refractivity contribution >= 4 is 11.8 Å². The van der Waals surface area contributed by atoms with Gasteiger partial charge in [0.25, 0.3) is 11.8 Å². The van der Waals surface area contributed by atoms with Crippen LogP contribution in [0.1, 0.15) is 50.8 Å². The molecule has 0 fully saturated rings. The van der Waals surface area contributed by atoms with Crippen molar-refractivity contribution in [2.45, 2.75) is 46.1 Å². The Morgan fingerprint density at radius 2 is 1.92 bits per heavy atom. The molecule has 2 amide bonds. The van der Waals surface area contributed by atoms with Gasteiger partial charge in [-0.1, -0.05) is 38.1 Å². The number of rotatable bonds is 5. The Hall–Kier alpha value is -2.70. The molecule has 25 heavy (non-hydrogen) atoms. The van der Waals surface area contributed by atoms with E-state index in [9.17, 15) is 9.59 Å². The van der Waals surface area contributed by atoms with E-state index >= 15 is 0 Å². The molecule has 2 aromatic rings. The number of benzene rings is 1. The van der Waals surface area contributed by atoms with Gasteiger partial charge in [0.1, 0.15) is 6.04 Å². The second-order valence-electron chi connectivity index (χ2n) is 6.81. The number of hydrogen-bond acceptors (Lipinski definition) is 5. The van der Waals surface area contributed by atoms with Crippen LogP contribution in [0.2, 0.25) is 0 Å². The summed E-state index contributed by atoms with van der Waals surface area (Å²) in [5.41, 5.74) is 0.653. The van der Waals surface area contributed by atoms with E-state index < -0.39 is 6.04 Å². The summed E-state index contributed by atoms with van der Waals surface area (Å²) in [5.74, 6) is 0.237. The molecule has 1 aromatic heterocycles. The Morgan fingerprint density at radius 1 is 1.24 bits per heavy atom. The number of amides is 2. The van der Waals surface area contributed by atoms with Crippen molar-refractivity contribution < 1.29 is 14.1 Å². The van der Waals surface area contributed by atoms with Gasteiger partial charge in [-0.3, -0.25) is 9.59 Å². The van der Waals surface area contributed by atoms with Gasteiger partial charge in [-0.2, -0.15) is 4.98 Å². The molecule has 134 valence electrons. The van der Waals surface area contributed by atoms with E-state index in [2.05, 4.69) is 20.8 Å². The third-order valence-corrected chi connectivity index (χ3v) is 3.59. The predicted octanol–water partition coefficient (Wildman–Crippen LogP) is 2.29. The minimum Gasteiger partial charge on any atom is -0.355 e. The maximum Gasteiger partial charge on any atom is 0.258 e. The summed E-state index contributed by atoms with van der Waals surface area (Å²) in [4.78, 5) is 28.8. The van der Waals surface area contributed by atoms with Crippen molar-refractivity contribution in [1.82, 2.24) is 20.8 Å². The lowest BCUT2D eigenvalue weighted by Gasteiger charge is -2.14. The molecule has 1 heterocycles. The number of hydrogen-bond donors (Lipinski definition) is 2. The molecule has 0 aliphatic heterocycles. The molecule has 1 aromatic carbocycles. The lowest BCUT2D eigenvalue weighted by Crippen LogP contribution is -2.44. The van der Waals surface area contributed by atoms with Gasteiger partial charge in [0.05, 0.1) is 11.1 Å². The normalized spacial score (nSPS) is 12.5. The highest BCUT2D eigenvalue weighted by molar-refractivity contribution is 6.02. The number of aromatic nitrogens is 2. The minimum absolute atomic E-state index is 0.235. The fourth-order valence-corrected chi connectivity index (χ4v) is 2.17. The molecule has 0 aliphatic carbocycles. The zero-order valence-corrected chi connectivity index (χ0v) is 15.2. The third-order valence-electron chi connectivity index (χ3n) is 3.59. The first-order chi connectivity index (χ1) is 11.7. The first-order valence-corrected chi connectivity index (χ1v) is 8.26. The summed E-state index contributed by atoms with van der Waals surface area (Å²) in [7, 11) is 0. The van der Waals surface area contributed by atoms with Gasteiger partial charge in [0.15, 0.2) is 5.82 Å². The van der Waals surface area contributed by atoms with Crippen LogP contribution < -0.4 is 10.6 Å². The average Bonchev–Trinajstić information content (AvgIpc) is 3.05. The van der Waals surface area contributed by atoms with E-state index in [1.807, 2.05) is 27.7 Å². The fourth-order valence-electron chi connectivity index (χ4n) is 2.17. The summed E-state index contributed by atoms with van der Waals surface area (Å²) in [6, 6.07) is 6.30. The summed E-state index contributed by atoms with van der Waals surface area (Å²) in [6.45, 7) is 9.91. The van der Waals surface area contributed by atoms with Gasteiger partial charge in [-0.25, -0.2) is 0 Å². The number of likely N-dealkylation sites (N-methyl/N-ethyl adjacent to an activating group) is 1. The summed E-state index contributed by atoms with van der Waals surface area (Å²) < 4.78 is 5.34. The van der Waals surface area contributed by atoms with Gasteiger partial charge in [-0.05, 0) is 26.0 Å². The van der Waals surface area contributed by atoms with Crippen molar-refractivity contribution in [2.75, 3.05) is 6.54 Å². The number of nitrogens with one attached hydrogen (secondary N) is 2. The van der Waals surface area contributed by atoms with Gasteiger partial charge in [0, 0.05) is 12.0 Å². The summed E-state index contributed by atoms with van der Waals surface area (Å²) in [5, 5.41) is 9.36. The Kier molecular flexibility index (Phi) is 5.56. The van der Waals surface area contributed by atoms with E-state index in [1.165, 1.54) is 0 Å². The highest BCUT2D eigenvalue weighted by Crippen LogP contribution is 2.26. The van der Waals surface area contributed by atoms with Crippen LogP contribution in [0.25, 0.3) is 11.5 Å². The molecule has 0 saturated heterocycles. The molecule has 2 N–H and O–H groups in total. The van der Waals surface area contributed by atoms with Crippen LogP contribution in [0.15, 0.2) is 28.8 Å². The Balaban J connectivity index is 2.27. The molecular formula is C18H24N4O3. The van der Waals surface area contributed by atoms with Crippen molar-refractivity contribution in [1.29, 1.82) is 0 Å². The second-order valence-corrected chi connectivity index (χ2v) is 6.81. The molecule has 0 radical (unpaired) electrons. The Bertz CT molecular complexity index is 762. The van der Waals surface area contributed by atoms with Crippen LogP contribution in [0.3, 0.4) is 0 Å². The molecule has 0 saturated carbocycles. The Labute approximate surface area is 147 Å². The molecule has 0 aliphatic rings. The van der Waals surface area contributed by atoms with Crippen LogP contribution in [0.5, 0.6) is 0 Å². The monoisotopic (exact) mass is 344 g/mol. The molecular weight excluding hydrogens is 320 g/mol. The predicted molar refractivity (Wildman–Crippen MR) is 94.0 cm³/mol. The first-order valence-electron chi connectivity index (χ1n) is 8.26. The molecule has 0 unspecified atom stereocenters. The molecule has 0 bridgehead atoms. The van der Waals surface area contributed by atoms with E-state index in [1.54, 1.807) is 31.2 Å². The molecule has 0 spiro atoms. The number of nitrogens with zero attached hydrogens (tertiary/aromatic N) is 2. The Morgan fingerprint density at radius 3 is 2.52 bits per heavy atom.